The highest BCUT2D eigenvalue weighted by Gasteiger charge is 2.50. The molecule has 4 atom stereocenters. The number of carbonyl (C=O) groups is 2. The first-order valence-corrected chi connectivity index (χ1v) is 12.9. The summed E-state index contributed by atoms with van der Waals surface area (Å²) in [5, 5.41) is 19.6. The predicted octanol–water partition coefficient (Wildman–Crippen LogP) is 2.42. The van der Waals surface area contributed by atoms with Gasteiger partial charge in [-0.05, 0) is 100 Å². The molecule has 0 aromatic heterocycles. The van der Waals surface area contributed by atoms with Crippen LogP contribution in [0.25, 0.3) is 0 Å². The minimum atomic E-state index is -1.10. The second-order valence-corrected chi connectivity index (χ2v) is 11.4. The molecule has 2 N–H and O–H groups in total. The molecule has 0 spiro atoms. The molecule has 5 aliphatic rings. The van der Waals surface area contributed by atoms with E-state index in [2.05, 4.69) is 0 Å². The van der Waals surface area contributed by atoms with Crippen LogP contribution in [0.5, 0.6) is 0 Å². The summed E-state index contributed by atoms with van der Waals surface area (Å²) in [6.07, 6.45) is 12.1. The quantitative estimate of drug-likeness (QED) is 0.715. The number of hydrogen-bond acceptors (Lipinski definition) is 4. The zero-order chi connectivity index (χ0) is 21.6. The van der Waals surface area contributed by atoms with Gasteiger partial charge in [-0.2, -0.15) is 0 Å². The molecule has 1 heterocycles. The van der Waals surface area contributed by atoms with Crippen LogP contribution in [-0.2, 0) is 9.59 Å². The highest BCUT2D eigenvalue weighted by molar-refractivity contribution is 5.88. The van der Waals surface area contributed by atoms with Crippen LogP contribution in [0.4, 0.5) is 0 Å². The Morgan fingerprint density at radius 3 is 1.90 bits per heavy atom. The van der Waals surface area contributed by atoms with Crippen molar-refractivity contribution in [2.75, 3.05) is 32.8 Å². The SMILES string of the molecule is O=C(C1CCC(C2CCC3CC(CO)CC3C2)CC1)N1CCN(C(=O)C2(O)CC2)CC1. The number of aliphatic hydroxyl groups is 2. The lowest BCUT2D eigenvalue weighted by Crippen LogP contribution is -2.54. The lowest BCUT2D eigenvalue weighted by molar-refractivity contribution is -0.148. The monoisotopic (exact) mass is 432 g/mol. The number of amides is 2. The normalized spacial score (nSPS) is 39.8. The molecule has 0 aromatic rings. The van der Waals surface area contributed by atoms with Crippen molar-refractivity contribution in [1.29, 1.82) is 0 Å². The van der Waals surface area contributed by atoms with Gasteiger partial charge in [0, 0.05) is 38.7 Å². The number of aliphatic hydroxyl groups excluding tert-OH is 1. The third kappa shape index (κ3) is 4.39. The Hall–Kier alpha value is -1.14. The fourth-order valence-corrected chi connectivity index (χ4v) is 7.34. The summed E-state index contributed by atoms with van der Waals surface area (Å²) >= 11 is 0. The van der Waals surface area contributed by atoms with Crippen molar-refractivity contribution in [2.24, 2.45) is 35.5 Å². The standard InChI is InChI=1S/C25H40N2O4/c28-16-17-13-20-5-6-21(15-22(20)14-17)18-1-3-19(4-2-18)23(29)26-9-11-27(12-10-26)24(30)25(31)7-8-25/h17-22,28,31H,1-16H2. The van der Waals surface area contributed by atoms with E-state index >= 15 is 0 Å². The summed E-state index contributed by atoms with van der Waals surface area (Å²) in [5.41, 5.74) is -1.10. The maximum atomic E-state index is 13.1. The van der Waals surface area contributed by atoms with E-state index in [1.54, 1.807) is 4.90 Å². The summed E-state index contributed by atoms with van der Waals surface area (Å²) < 4.78 is 0. The lowest BCUT2D eigenvalue weighted by atomic mass is 9.66. The third-order valence-electron chi connectivity index (χ3n) is 9.50. The zero-order valence-corrected chi connectivity index (χ0v) is 18.9. The maximum Gasteiger partial charge on any atom is 0.254 e. The average molecular weight is 433 g/mol. The Morgan fingerprint density at radius 1 is 0.742 bits per heavy atom. The molecule has 31 heavy (non-hydrogen) atoms. The van der Waals surface area contributed by atoms with Crippen molar-refractivity contribution < 1.29 is 19.8 Å². The number of rotatable bonds is 4. The van der Waals surface area contributed by atoms with Crippen LogP contribution >= 0.6 is 0 Å². The van der Waals surface area contributed by atoms with E-state index in [-0.39, 0.29) is 11.8 Å². The molecule has 1 saturated heterocycles. The lowest BCUT2D eigenvalue weighted by Gasteiger charge is -2.41. The van der Waals surface area contributed by atoms with Gasteiger partial charge in [0.15, 0.2) is 0 Å². The molecule has 0 aromatic carbocycles. The molecule has 2 amide bonds. The summed E-state index contributed by atoms with van der Waals surface area (Å²) in [6.45, 7) is 2.70. The van der Waals surface area contributed by atoms with Crippen LogP contribution < -0.4 is 0 Å². The van der Waals surface area contributed by atoms with Crippen LogP contribution in [0.1, 0.15) is 70.6 Å². The van der Waals surface area contributed by atoms with Gasteiger partial charge in [-0.3, -0.25) is 9.59 Å². The molecular weight excluding hydrogens is 392 g/mol. The van der Waals surface area contributed by atoms with Gasteiger partial charge in [0.05, 0.1) is 0 Å². The summed E-state index contributed by atoms with van der Waals surface area (Å²) in [6, 6.07) is 0. The van der Waals surface area contributed by atoms with E-state index in [0.29, 0.717) is 57.5 Å². The fourth-order valence-electron chi connectivity index (χ4n) is 7.34. The van der Waals surface area contributed by atoms with Gasteiger partial charge in [0.2, 0.25) is 5.91 Å². The van der Waals surface area contributed by atoms with Crippen molar-refractivity contribution in [3.63, 3.8) is 0 Å². The van der Waals surface area contributed by atoms with E-state index in [1.165, 1.54) is 44.9 Å². The van der Waals surface area contributed by atoms with Gasteiger partial charge in [0.1, 0.15) is 5.60 Å². The van der Waals surface area contributed by atoms with E-state index in [9.17, 15) is 19.8 Å². The molecule has 0 radical (unpaired) electrons. The molecule has 5 rings (SSSR count). The van der Waals surface area contributed by atoms with Crippen molar-refractivity contribution in [2.45, 2.75) is 76.2 Å². The van der Waals surface area contributed by atoms with Crippen molar-refractivity contribution in [3.05, 3.63) is 0 Å². The van der Waals surface area contributed by atoms with Gasteiger partial charge >= 0.3 is 0 Å². The first-order valence-electron chi connectivity index (χ1n) is 12.9. The Morgan fingerprint density at radius 2 is 1.29 bits per heavy atom. The molecule has 0 bridgehead atoms. The fraction of sp³-hybridized carbons (Fsp3) is 0.920. The molecule has 174 valence electrons. The summed E-state index contributed by atoms with van der Waals surface area (Å²) in [5.74, 6) is 4.17. The van der Waals surface area contributed by atoms with Gasteiger partial charge in [-0.1, -0.05) is 0 Å². The van der Waals surface area contributed by atoms with Gasteiger partial charge in [0.25, 0.3) is 5.91 Å². The average Bonchev–Trinajstić information content (AvgIpc) is 3.43. The largest absolute Gasteiger partial charge is 0.396 e. The molecule has 1 aliphatic heterocycles. The Kier molecular flexibility index (Phi) is 6.06. The first kappa shape index (κ1) is 21.7. The topological polar surface area (TPSA) is 81.1 Å². The number of fused-ring (bicyclic) bond motifs is 1. The molecule has 6 heteroatoms. The summed E-state index contributed by atoms with van der Waals surface area (Å²) in [4.78, 5) is 29.1. The minimum absolute atomic E-state index is 0.137. The van der Waals surface area contributed by atoms with Crippen LogP contribution in [-0.4, -0.2) is 70.2 Å². The van der Waals surface area contributed by atoms with Gasteiger partial charge < -0.3 is 20.0 Å². The highest BCUT2D eigenvalue weighted by atomic mass is 16.3. The molecular formula is C25H40N2O4. The van der Waals surface area contributed by atoms with E-state index in [4.69, 9.17) is 0 Å². The predicted molar refractivity (Wildman–Crippen MR) is 117 cm³/mol. The van der Waals surface area contributed by atoms with Gasteiger partial charge in [-0.25, -0.2) is 0 Å². The van der Waals surface area contributed by atoms with Crippen molar-refractivity contribution in [3.8, 4) is 0 Å². The number of nitrogens with zero attached hydrogens (tertiary/aromatic N) is 2. The smallest absolute Gasteiger partial charge is 0.254 e. The van der Waals surface area contributed by atoms with Crippen LogP contribution in [0.15, 0.2) is 0 Å². The second-order valence-electron chi connectivity index (χ2n) is 11.4. The Balaban J connectivity index is 1.06. The van der Waals surface area contributed by atoms with E-state index in [0.717, 1.165) is 36.5 Å². The summed E-state index contributed by atoms with van der Waals surface area (Å²) in [7, 11) is 0. The Labute approximate surface area is 186 Å². The molecule has 6 nitrogen and oxygen atoms in total. The van der Waals surface area contributed by atoms with Crippen LogP contribution in [0.3, 0.4) is 0 Å². The van der Waals surface area contributed by atoms with Gasteiger partial charge in [-0.15, -0.1) is 0 Å². The maximum absolute atomic E-state index is 13.1. The van der Waals surface area contributed by atoms with Crippen LogP contribution in [0.2, 0.25) is 0 Å². The van der Waals surface area contributed by atoms with E-state index in [1.807, 2.05) is 4.90 Å². The Bertz CT molecular complexity index is 677. The number of hydrogen-bond donors (Lipinski definition) is 2. The second kappa shape index (κ2) is 8.66. The van der Waals surface area contributed by atoms with Crippen molar-refractivity contribution >= 4 is 11.8 Å². The zero-order valence-electron chi connectivity index (χ0n) is 18.9. The molecule has 5 fully saturated rings. The minimum Gasteiger partial charge on any atom is -0.396 e. The van der Waals surface area contributed by atoms with Crippen LogP contribution in [0, 0.1) is 35.5 Å². The number of carbonyl (C=O) groups excluding carboxylic acids is 2. The molecule has 4 saturated carbocycles. The van der Waals surface area contributed by atoms with E-state index < -0.39 is 5.60 Å². The number of piperazine rings is 1. The highest BCUT2D eigenvalue weighted by Crippen LogP contribution is 2.50. The molecule has 4 aliphatic carbocycles. The third-order valence-corrected chi connectivity index (χ3v) is 9.50. The van der Waals surface area contributed by atoms with Crippen molar-refractivity contribution in [1.82, 2.24) is 9.80 Å². The first-order chi connectivity index (χ1) is 15.0. The molecule has 4 unspecified atom stereocenters.